The Labute approximate surface area is 204 Å². The number of pyridine rings is 1. The van der Waals surface area contributed by atoms with Crippen LogP contribution < -0.4 is 5.32 Å². The Morgan fingerprint density at radius 1 is 1.06 bits per heavy atom. The van der Waals surface area contributed by atoms with E-state index in [-0.39, 0.29) is 24.1 Å². The van der Waals surface area contributed by atoms with Gasteiger partial charge in [-0.05, 0) is 37.6 Å². The third-order valence-corrected chi connectivity index (χ3v) is 5.96. The van der Waals surface area contributed by atoms with Crippen molar-refractivity contribution in [3.63, 3.8) is 0 Å². The Morgan fingerprint density at radius 2 is 1.83 bits per heavy atom. The SMILES string of the molecule is Cc1cc(NC(=O)CCN2C(=O)c3cccc([N+](=O)[O-])c3C2=O)n(-c2cc(C)c3ccccc3n2)n1. The van der Waals surface area contributed by atoms with E-state index >= 15 is 0 Å². The molecule has 180 valence electrons. The lowest BCUT2D eigenvalue weighted by molar-refractivity contribution is -0.385. The highest BCUT2D eigenvalue weighted by atomic mass is 16.6. The number of nitrogens with one attached hydrogen (secondary N) is 1. The van der Waals surface area contributed by atoms with E-state index in [0.29, 0.717) is 17.3 Å². The van der Waals surface area contributed by atoms with Gasteiger partial charge in [-0.3, -0.25) is 29.4 Å². The van der Waals surface area contributed by atoms with Crippen molar-refractivity contribution in [2.75, 3.05) is 11.9 Å². The van der Waals surface area contributed by atoms with Gasteiger partial charge in [-0.1, -0.05) is 24.3 Å². The number of para-hydroxylation sites is 1. The lowest BCUT2D eigenvalue weighted by Gasteiger charge is -2.14. The fourth-order valence-electron chi connectivity index (χ4n) is 4.29. The van der Waals surface area contributed by atoms with E-state index in [9.17, 15) is 24.5 Å². The van der Waals surface area contributed by atoms with Crippen molar-refractivity contribution >= 4 is 40.1 Å². The van der Waals surface area contributed by atoms with Crippen molar-refractivity contribution in [1.29, 1.82) is 0 Å². The Morgan fingerprint density at radius 3 is 2.61 bits per heavy atom. The number of anilines is 1. The maximum Gasteiger partial charge on any atom is 0.282 e. The van der Waals surface area contributed by atoms with Gasteiger partial charge in [0.15, 0.2) is 5.82 Å². The van der Waals surface area contributed by atoms with E-state index in [2.05, 4.69) is 15.4 Å². The molecule has 2 aromatic carbocycles. The number of aromatic nitrogens is 3. The van der Waals surface area contributed by atoms with E-state index in [4.69, 9.17) is 0 Å². The van der Waals surface area contributed by atoms with Gasteiger partial charge in [0, 0.05) is 30.5 Å². The van der Waals surface area contributed by atoms with Crippen LogP contribution in [-0.2, 0) is 4.79 Å². The van der Waals surface area contributed by atoms with Crippen molar-refractivity contribution in [2.24, 2.45) is 0 Å². The zero-order chi connectivity index (χ0) is 25.6. The first-order valence-electron chi connectivity index (χ1n) is 11.1. The van der Waals surface area contributed by atoms with Gasteiger partial charge in [-0.25, -0.2) is 4.98 Å². The fourth-order valence-corrected chi connectivity index (χ4v) is 4.29. The summed E-state index contributed by atoms with van der Waals surface area (Å²) in [6.45, 7) is 3.52. The molecular formula is C25H20N6O5. The Balaban J connectivity index is 1.34. The van der Waals surface area contributed by atoms with Crippen LogP contribution in [0.3, 0.4) is 0 Å². The molecule has 1 aliphatic heterocycles. The third kappa shape index (κ3) is 3.86. The quantitative estimate of drug-likeness (QED) is 0.251. The normalized spacial score (nSPS) is 12.8. The molecule has 0 fully saturated rings. The molecule has 0 spiro atoms. The highest BCUT2D eigenvalue weighted by Crippen LogP contribution is 2.31. The summed E-state index contributed by atoms with van der Waals surface area (Å²) in [6, 6.07) is 15.2. The summed E-state index contributed by atoms with van der Waals surface area (Å²) in [6.07, 6.45) is -0.201. The van der Waals surface area contributed by atoms with Crippen LogP contribution in [0.25, 0.3) is 16.7 Å². The third-order valence-electron chi connectivity index (χ3n) is 5.96. The monoisotopic (exact) mass is 484 g/mol. The van der Waals surface area contributed by atoms with Crippen LogP contribution in [0.1, 0.15) is 38.4 Å². The molecule has 0 saturated carbocycles. The van der Waals surface area contributed by atoms with E-state index in [1.807, 2.05) is 37.3 Å². The first kappa shape index (κ1) is 22.8. The van der Waals surface area contributed by atoms with Gasteiger partial charge in [0.1, 0.15) is 11.4 Å². The number of carbonyl (C=O) groups is 3. The second kappa shape index (κ2) is 8.69. The summed E-state index contributed by atoms with van der Waals surface area (Å²) in [5.41, 5.74) is 1.72. The smallest absolute Gasteiger partial charge is 0.282 e. The zero-order valence-electron chi connectivity index (χ0n) is 19.4. The van der Waals surface area contributed by atoms with Crippen molar-refractivity contribution in [3.8, 4) is 5.82 Å². The molecule has 5 rings (SSSR count). The van der Waals surface area contributed by atoms with E-state index in [1.165, 1.54) is 22.9 Å². The fraction of sp³-hybridized carbons (Fsp3) is 0.160. The van der Waals surface area contributed by atoms with E-state index in [1.54, 1.807) is 13.0 Å². The largest absolute Gasteiger partial charge is 0.310 e. The average molecular weight is 484 g/mol. The average Bonchev–Trinajstić information content (AvgIpc) is 3.33. The summed E-state index contributed by atoms with van der Waals surface area (Å²) in [7, 11) is 0. The number of aryl methyl sites for hydroxylation is 2. The molecule has 0 saturated heterocycles. The van der Waals surface area contributed by atoms with Crippen LogP contribution in [0.15, 0.2) is 54.6 Å². The molecule has 0 radical (unpaired) electrons. The number of rotatable bonds is 6. The van der Waals surface area contributed by atoms with Gasteiger partial charge < -0.3 is 5.32 Å². The molecule has 3 amide bonds. The number of fused-ring (bicyclic) bond motifs is 2. The number of nitro groups is 1. The molecule has 1 aliphatic rings. The first-order chi connectivity index (χ1) is 17.2. The Bertz CT molecular complexity index is 1590. The minimum absolute atomic E-state index is 0.0407. The van der Waals surface area contributed by atoms with Gasteiger partial charge in [-0.15, -0.1) is 0 Å². The topological polar surface area (TPSA) is 140 Å². The number of hydrogen-bond donors (Lipinski definition) is 1. The van der Waals surface area contributed by atoms with Crippen LogP contribution in [-0.4, -0.2) is 48.9 Å². The number of nitrogens with zero attached hydrogens (tertiary/aromatic N) is 5. The molecule has 36 heavy (non-hydrogen) atoms. The zero-order valence-corrected chi connectivity index (χ0v) is 19.4. The molecular weight excluding hydrogens is 464 g/mol. The number of nitro benzene ring substituents is 1. The van der Waals surface area contributed by atoms with Gasteiger partial charge in [0.05, 0.1) is 21.7 Å². The van der Waals surface area contributed by atoms with Gasteiger partial charge >= 0.3 is 0 Å². The van der Waals surface area contributed by atoms with Crippen LogP contribution in [0.5, 0.6) is 0 Å². The van der Waals surface area contributed by atoms with Gasteiger partial charge in [0.2, 0.25) is 5.91 Å². The lowest BCUT2D eigenvalue weighted by atomic mass is 10.1. The molecule has 0 bridgehead atoms. The molecule has 3 heterocycles. The highest BCUT2D eigenvalue weighted by molar-refractivity contribution is 6.23. The highest BCUT2D eigenvalue weighted by Gasteiger charge is 2.40. The van der Waals surface area contributed by atoms with E-state index in [0.717, 1.165) is 21.4 Å². The number of benzene rings is 2. The van der Waals surface area contributed by atoms with Crippen LogP contribution >= 0.6 is 0 Å². The first-order valence-corrected chi connectivity index (χ1v) is 11.1. The molecule has 0 unspecified atom stereocenters. The lowest BCUT2D eigenvalue weighted by Crippen LogP contribution is -2.33. The number of carbonyl (C=O) groups excluding carboxylic acids is 3. The Kier molecular flexibility index (Phi) is 5.51. The van der Waals surface area contributed by atoms with Crippen molar-refractivity contribution < 1.29 is 19.3 Å². The summed E-state index contributed by atoms with van der Waals surface area (Å²) < 4.78 is 1.53. The van der Waals surface area contributed by atoms with Crippen LogP contribution in [0.4, 0.5) is 11.5 Å². The molecule has 11 heteroatoms. The Hall–Kier alpha value is -4.93. The van der Waals surface area contributed by atoms with Crippen molar-refractivity contribution in [3.05, 3.63) is 87.1 Å². The summed E-state index contributed by atoms with van der Waals surface area (Å²) in [4.78, 5) is 54.3. The maximum atomic E-state index is 12.8. The molecule has 1 N–H and O–H groups in total. The maximum absolute atomic E-state index is 12.8. The minimum Gasteiger partial charge on any atom is -0.310 e. The summed E-state index contributed by atoms with van der Waals surface area (Å²) in [5, 5.41) is 19.5. The molecule has 0 aliphatic carbocycles. The van der Waals surface area contributed by atoms with Crippen LogP contribution in [0, 0.1) is 24.0 Å². The number of imide groups is 1. The second-order valence-electron chi connectivity index (χ2n) is 8.41. The van der Waals surface area contributed by atoms with Crippen molar-refractivity contribution in [2.45, 2.75) is 20.3 Å². The predicted molar refractivity (Wildman–Crippen MR) is 130 cm³/mol. The predicted octanol–water partition coefficient (Wildman–Crippen LogP) is 3.57. The van der Waals surface area contributed by atoms with Crippen LogP contribution in [0.2, 0.25) is 0 Å². The minimum atomic E-state index is -0.785. The number of amides is 3. The standard InChI is InChI=1S/C25H20N6O5/c1-14-12-20(26-18-8-4-3-6-16(14)18)30-21(13-15(2)28-30)27-22(32)10-11-29-24(33)17-7-5-9-19(31(35)36)23(17)25(29)34/h3-9,12-13H,10-11H2,1-2H3,(H,27,32). The molecule has 4 aromatic rings. The second-order valence-corrected chi connectivity index (χ2v) is 8.41. The molecule has 0 atom stereocenters. The summed E-state index contributed by atoms with van der Waals surface area (Å²) in [5.74, 6) is -0.991. The summed E-state index contributed by atoms with van der Waals surface area (Å²) >= 11 is 0. The molecule has 2 aromatic heterocycles. The molecule has 11 nitrogen and oxygen atoms in total. The van der Waals surface area contributed by atoms with Gasteiger partial charge in [-0.2, -0.15) is 9.78 Å². The van der Waals surface area contributed by atoms with Crippen molar-refractivity contribution in [1.82, 2.24) is 19.7 Å². The van der Waals surface area contributed by atoms with Gasteiger partial charge in [0.25, 0.3) is 17.5 Å². The number of hydrogen-bond acceptors (Lipinski definition) is 7. The van der Waals surface area contributed by atoms with E-state index < -0.39 is 28.3 Å².